The highest BCUT2D eigenvalue weighted by molar-refractivity contribution is 6.10. The number of allylic oxidation sites excluding steroid dienone is 2. The van der Waals surface area contributed by atoms with E-state index < -0.39 is 46.8 Å². The number of nitro groups is 1. The van der Waals surface area contributed by atoms with Crippen LogP contribution in [0.25, 0.3) is 0 Å². The van der Waals surface area contributed by atoms with Gasteiger partial charge in [-0.2, -0.15) is 5.01 Å². The van der Waals surface area contributed by atoms with E-state index in [1.807, 2.05) is 12.2 Å². The Hall–Kier alpha value is -4.14. The van der Waals surface area contributed by atoms with Crippen LogP contribution in [-0.2, 0) is 9.59 Å². The summed E-state index contributed by atoms with van der Waals surface area (Å²) in [6.45, 7) is -0.550. The molecule has 5 rings (SSSR count). The fraction of sp³-hybridized carbons (Fsp3) is 0.250. The number of rotatable bonds is 6. The highest BCUT2D eigenvalue weighted by Gasteiger charge is 2.61. The minimum absolute atomic E-state index is 0.0685. The molecule has 9 heteroatoms. The highest BCUT2D eigenvalue weighted by Crippen LogP contribution is 2.52. The van der Waals surface area contributed by atoms with Gasteiger partial charge in [-0.25, -0.2) is 5.01 Å². The number of hydrogen-bond acceptors (Lipinski definition) is 6. The number of nitro benzene ring substituents is 1. The van der Waals surface area contributed by atoms with Gasteiger partial charge in [0, 0.05) is 23.3 Å². The van der Waals surface area contributed by atoms with Gasteiger partial charge in [-0.1, -0.05) is 48.6 Å². The third kappa shape index (κ3) is 3.32. The van der Waals surface area contributed by atoms with Gasteiger partial charge in [0.15, 0.2) is 5.78 Å². The quantitative estimate of drug-likeness (QED) is 0.222. The lowest BCUT2D eigenvalue weighted by Crippen LogP contribution is -2.52. The SMILES string of the molecule is O=C(CN(C(=O)c1cccc([N+](=O)[O-])c1)N1C(=O)[C@@H]2[C@H](C1=O)[C@H]1C=C[C@H]2C1)c1ccccc1. The van der Waals surface area contributed by atoms with E-state index in [-0.39, 0.29) is 23.1 Å². The van der Waals surface area contributed by atoms with Crippen LogP contribution in [0.5, 0.6) is 0 Å². The topological polar surface area (TPSA) is 118 Å². The number of hydrogen-bond donors (Lipinski definition) is 0. The molecule has 3 amide bonds. The third-order valence-electron chi connectivity index (χ3n) is 6.62. The van der Waals surface area contributed by atoms with Gasteiger partial charge in [0.1, 0.15) is 6.54 Å². The molecule has 2 aromatic rings. The van der Waals surface area contributed by atoms with Gasteiger partial charge < -0.3 is 0 Å². The molecule has 9 nitrogen and oxygen atoms in total. The van der Waals surface area contributed by atoms with E-state index in [0.29, 0.717) is 5.56 Å². The van der Waals surface area contributed by atoms with Crippen LogP contribution in [0.1, 0.15) is 27.1 Å². The maximum atomic E-state index is 13.5. The number of Topliss-reactive ketones (excluding diaryl/α,β-unsaturated/α-hetero) is 1. The normalized spacial score (nSPS) is 24.8. The number of carbonyl (C=O) groups excluding carboxylic acids is 4. The van der Waals surface area contributed by atoms with Crippen molar-refractivity contribution in [3.05, 3.63) is 88.0 Å². The first kappa shape index (κ1) is 20.7. The lowest BCUT2D eigenvalue weighted by atomic mass is 9.85. The summed E-state index contributed by atoms with van der Waals surface area (Å²) in [5.74, 6) is -3.57. The molecule has 2 aliphatic carbocycles. The Morgan fingerprint density at radius 1 is 0.939 bits per heavy atom. The second-order valence-electron chi connectivity index (χ2n) is 8.45. The van der Waals surface area contributed by atoms with Gasteiger partial charge in [0.2, 0.25) is 0 Å². The van der Waals surface area contributed by atoms with Crippen molar-refractivity contribution in [2.45, 2.75) is 6.42 Å². The van der Waals surface area contributed by atoms with Crippen molar-refractivity contribution in [1.82, 2.24) is 10.0 Å². The van der Waals surface area contributed by atoms with Crippen molar-refractivity contribution in [2.75, 3.05) is 6.54 Å². The van der Waals surface area contributed by atoms with E-state index in [1.165, 1.54) is 18.2 Å². The average molecular weight is 445 g/mol. The van der Waals surface area contributed by atoms with Crippen molar-refractivity contribution in [3.63, 3.8) is 0 Å². The van der Waals surface area contributed by atoms with Gasteiger partial charge in [-0.05, 0) is 24.3 Å². The Labute approximate surface area is 188 Å². The highest BCUT2D eigenvalue weighted by atomic mass is 16.6. The lowest BCUT2D eigenvalue weighted by molar-refractivity contribution is -0.384. The summed E-state index contributed by atoms with van der Waals surface area (Å²) >= 11 is 0. The van der Waals surface area contributed by atoms with Crippen LogP contribution in [0, 0.1) is 33.8 Å². The van der Waals surface area contributed by atoms with Crippen molar-refractivity contribution in [1.29, 1.82) is 0 Å². The maximum Gasteiger partial charge on any atom is 0.273 e. The molecule has 3 aliphatic rings. The van der Waals surface area contributed by atoms with Crippen LogP contribution in [0.3, 0.4) is 0 Å². The monoisotopic (exact) mass is 445 g/mol. The fourth-order valence-corrected chi connectivity index (χ4v) is 5.11. The summed E-state index contributed by atoms with van der Waals surface area (Å²) in [6, 6.07) is 13.2. The zero-order valence-electron chi connectivity index (χ0n) is 17.4. The number of nitrogens with zero attached hydrogens (tertiary/aromatic N) is 3. The van der Waals surface area contributed by atoms with E-state index in [0.717, 1.165) is 22.5 Å². The Balaban J connectivity index is 1.52. The van der Waals surface area contributed by atoms with Crippen molar-refractivity contribution in [3.8, 4) is 0 Å². The Kier molecular flexibility index (Phi) is 4.88. The second kappa shape index (κ2) is 7.77. The molecule has 2 fully saturated rings. The van der Waals surface area contributed by atoms with Gasteiger partial charge in [-0.3, -0.25) is 29.3 Å². The fourth-order valence-electron chi connectivity index (χ4n) is 5.11. The number of benzene rings is 2. The van der Waals surface area contributed by atoms with Gasteiger partial charge in [-0.15, -0.1) is 0 Å². The Morgan fingerprint density at radius 3 is 2.15 bits per heavy atom. The molecule has 4 atom stereocenters. The molecule has 2 aromatic carbocycles. The summed E-state index contributed by atoms with van der Waals surface area (Å²) < 4.78 is 0. The summed E-state index contributed by atoms with van der Waals surface area (Å²) in [5, 5.41) is 12.8. The van der Waals surface area contributed by atoms with Gasteiger partial charge in [0.25, 0.3) is 23.4 Å². The molecular formula is C24H19N3O6. The zero-order chi connectivity index (χ0) is 23.3. The van der Waals surface area contributed by atoms with Crippen molar-refractivity contribution in [2.24, 2.45) is 23.7 Å². The predicted octanol–water partition coefficient (Wildman–Crippen LogP) is 2.64. The van der Waals surface area contributed by atoms with E-state index in [9.17, 15) is 29.3 Å². The van der Waals surface area contributed by atoms with Crippen LogP contribution in [0.15, 0.2) is 66.7 Å². The molecule has 1 heterocycles. The maximum absolute atomic E-state index is 13.5. The average Bonchev–Trinajstić information content (AvgIpc) is 3.51. The van der Waals surface area contributed by atoms with Crippen LogP contribution >= 0.6 is 0 Å². The molecule has 0 radical (unpaired) electrons. The number of ketones is 1. The van der Waals surface area contributed by atoms with Crippen LogP contribution in [0.2, 0.25) is 0 Å². The van der Waals surface area contributed by atoms with E-state index in [2.05, 4.69) is 0 Å². The Bertz CT molecular complexity index is 1190. The van der Waals surface area contributed by atoms with Crippen LogP contribution in [0.4, 0.5) is 5.69 Å². The van der Waals surface area contributed by atoms with E-state index in [4.69, 9.17) is 0 Å². The largest absolute Gasteiger partial charge is 0.292 e. The smallest absolute Gasteiger partial charge is 0.273 e. The summed E-state index contributed by atoms with van der Waals surface area (Å²) in [6.07, 6.45) is 4.59. The molecular weight excluding hydrogens is 426 g/mol. The summed E-state index contributed by atoms with van der Waals surface area (Å²) in [4.78, 5) is 63.6. The molecule has 1 aliphatic heterocycles. The molecule has 0 spiro atoms. The molecule has 0 N–H and O–H groups in total. The van der Waals surface area contributed by atoms with Crippen LogP contribution < -0.4 is 0 Å². The minimum atomic E-state index is -0.829. The Morgan fingerprint density at radius 2 is 1.55 bits per heavy atom. The number of fused-ring (bicyclic) bond motifs is 5. The lowest BCUT2D eigenvalue weighted by Gasteiger charge is -2.30. The van der Waals surface area contributed by atoms with Crippen LogP contribution in [-0.4, -0.2) is 45.0 Å². The standard InChI is InChI=1S/C24H19N3O6/c28-19(14-5-2-1-3-6-14)13-25(22(29)17-7-4-8-18(12-17)27(32)33)26-23(30)20-15-9-10-16(11-15)21(20)24(26)31/h1-10,12,15-16,20-21H,11,13H2/t15-,16-,20-,21+/m0/s1. The molecule has 1 saturated heterocycles. The minimum Gasteiger partial charge on any atom is -0.292 e. The van der Waals surface area contributed by atoms with Crippen molar-refractivity contribution >= 4 is 29.2 Å². The molecule has 33 heavy (non-hydrogen) atoms. The van der Waals surface area contributed by atoms with Gasteiger partial charge >= 0.3 is 0 Å². The molecule has 2 bridgehead atoms. The number of imide groups is 1. The second-order valence-corrected chi connectivity index (χ2v) is 8.45. The van der Waals surface area contributed by atoms with Crippen molar-refractivity contribution < 1.29 is 24.1 Å². The first-order valence-electron chi connectivity index (χ1n) is 10.6. The number of non-ortho nitro benzene ring substituents is 1. The summed E-state index contributed by atoms with van der Waals surface area (Å²) in [7, 11) is 0. The predicted molar refractivity (Wildman–Crippen MR) is 114 cm³/mol. The summed E-state index contributed by atoms with van der Waals surface area (Å²) in [5.41, 5.74) is -0.0902. The first-order chi connectivity index (χ1) is 15.9. The third-order valence-corrected chi connectivity index (χ3v) is 6.62. The molecule has 0 unspecified atom stereocenters. The van der Waals surface area contributed by atoms with E-state index >= 15 is 0 Å². The first-order valence-corrected chi connectivity index (χ1v) is 10.6. The molecule has 1 saturated carbocycles. The number of hydrazine groups is 1. The number of carbonyl (C=O) groups is 4. The zero-order valence-corrected chi connectivity index (χ0v) is 17.4. The number of amides is 3. The molecule has 166 valence electrons. The molecule has 0 aromatic heterocycles. The van der Waals surface area contributed by atoms with E-state index in [1.54, 1.807) is 30.3 Å². The van der Waals surface area contributed by atoms with Gasteiger partial charge in [0.05, 0.1) is 16.8 Å².